The van der Waals surface area contributed by atoms with Gasteiger partial charge in [-0.2, -0.15) is 0 Å². The Hall–Kier alpha value is -2.22. The van der Waals surface area contributed by atoms with E-state index < -0.39 is 0 Å². The summed E-state index contributed by atoms with van der Waals surface area (Å²) in [6, 6.07) is 19.2. The Labute approximate surface area is 126 Å². The standard InChI is InChI=1S/C19H22N2/c1-2-3-7-12-20-17-10-11-18-16(13-17)14-19(21-18)15-8-5-4-6-9-15/h4-6,8-11,13-14,20-21H,2-3,7,12H2,1H3. The summed E-state index contributed by atoms with van der Waals surface area (Å²) in [4.78, 5) is 3.49. The Balaban J connectivity index is 1.79. The summed E-state index contributed by atoms with van der Waals surface area (Å²) in [7, 11) is 0. The molecule has 0 aliphatic carbocycles. The van der Waals surface area contributed by atoms with E-state index in [4.69, 9.17) is 0 Å². The monoisotopic (exact) mass is 278 g/mol. The molecule has 0 aliphatic rings. The molecule has 1 heterocycles. The highest BCUT2D eigenvalue weighted by Gasteiger charge is 2.03. The largest absolute Gasteiger partial charge is 0.385 e. The number of nitrogens with one attached hydrogen (secondary N) is 2. The average molecular weight is 278 g/mol. The summed E-state index contributed by atoms with van der Waals surface area (Å²) >= 11 is 0. The van der Waals surface area contributed by atoms with Crippen LogP contribution in [0.1, 0.15) is 26.2 Å². The summed E-state index contributed by atoms with van der Waals surface area (Å²) in [5.74, 6) is 0. The predicted molar refractivity (Wildman–Crippen MR) is 91.7 cm³/mol. The zero-order chi connectivity index (χ0) is 14.5. The molecule has 0 radical (unpaired) electrons. The number of rotatable bonds is 6. The molecule has 108 valence electrons. The van der Waals surface area contributed by atoms with Gasteiger partial charge in [-0.25, -0.2) is 0 Å². The number of aromatic nitrogens is 1. The second-order valence-electron chi connectivity index (χ2n) is 5.48. The van der Waals surface area contributed by atoms with Crippen molar-refractivity contribution >= 4 is 16.6 Å². The number of unbranched alkanes of at least 4 members (excludes halogenated alkanes) is 2. The quantitative estimate of drug-likeness (QED) is 0.577. The van der Waals surface area contributed by atoms with Crippen molar-refractivity contribution in [2.45, 2.75) is 26.2 Å². The van der Waals surface area contributed by atoms with Crippen molar-refractivity contribution in [2.24, 2.45) is 0 Å². The first-order valence-electron chi connectivity index (χ1n) is 7.79. The molecule has 1 aromatic heterocycles. The molecule has 0 amide bonds. The van der Waals surface area contributed by atoms with Crippen molar-refractivity contribution < 1.29 is 0 Å². The van der Waals surface area contributed by atoms with Crippen LogP contribution in [0.4, 0.5) is 5.69 Å². The van der Waals surface area contributed by atoms with Crippen LogP contribution >= 0.6 is 0 Å². The molecule has 0 spiro atoms. The lowest BCUT2D eigenvalue weighted by Gasteiger charge is -2.05. The number of anilines is 1. The minimum Gasteiger partial charge on any atom is -0.385 e. The molecule has 3 aromatic rings. The van der Waals surface area contributed by atoms with E-state index in [1.165, 1.54) is 47.1 Å². The van der Waals surface area contributed by atoms with E-state index in [0.29, 0.717) is 0 Å². The maximum Gasteiger partial charge on any atom is 0.0464 e. The normalized spacial score (nSPS) is 10.9. The van der Waals surface area contributed by atoms with Gasteiger partial charge in [0.05, 0.1) is 0 Å². The second kappa shape index (κ2) is 6.49. The van der Waals surface area contributed by atoms with Crippen LogP contribution in [0, 0.1) is 0 Å². The molecule has 2 aromatic carbocycles. The number of H-pyrrole nitrogens is 1. The molecule has 0 fully saturated rings. The van der Waals surface area contributed by atoms with Crippen LogP contribution in [0.2, 0.25) is 0 Å². The smallest absolute Gasteiger partial charge is 0.0464 e. The highest BCUT2D eigenvalue weighted by molar-refractivity contribution is 5.88. The van der Waals surface area contributed by atoms with Crippen LogP contribution in [0.25, 0.3) is 22.2 Å². The highest BCUT2D eigenvalue weighted by atomic mass is 14.9. The van der Waals surface area contributed by atoms with Gasteiger partial charge in [0.1, 0.15) is 0 Å². The lowest BCUT2D eigenvalue weighted by molar-refractivity contribution is 0.744. The van der Waals surface area contributed by atoms with Gasteiger partial charge in [-0.3, -0.25) is 0 Å². The lowest BCUT2D eigenvalue weighted by atomic mass is 10.1. The van der Waals surface area contributed by atoms with E-state index in [0.717, 1.165) is 6.54 Å². The summed E-state index contributed by atoms with van der Waals surface area (Å²) in [5.41, 5.74) is 4.80. The van der Waals surface area contributed by atoms with Crippen LogP contribution in [0.5, 0.6) is 0 Å². The highest BCUT2D eigenvalue weighted by Crippen LogP contribution is 2.26. The van der Waals surface area contributed by atoms with Gasteiger partial charge >= 0.3 is 0 Å². The van der Waals surface area contributed by atoms with Gasteiger partial charge in [0.25, 0.3) is 0 Å². The van der Waals surface area contributed by atoms with E-state index in [-0.39, 0.29) is 0 Å². The molecule has 0 unspecified atom stereocenters. The molecule has 0 aliphatic heterocycles. The van der Waals surface area contributed by atoms with Crippen LogP contribution in [-0.2, 0) is 0 Å². The number of aromatic amines is 1. The van der Waals surface area contributed by atoms with Gasteiger partial charge in [0.2, 0.25) is 0 Å². The topological polar surface area (TPSA) is 27.8 Å². The van der Waals surface area contributed by atoms with Crippen molar-refractivity contribution in [3.63, 3.8) is 0 Å². The van der Waals surface area contributed by atoms with Crippen molar-refractivity contribution in [3.05, 3.63) is 54.6 Å². The van der Waals surface area contributed by atoms with Gasteiger partial charge in [-0.15, -0.1) is 0 Å². The van der Waals surface area contributed by atoms with Crippen molar-refractivity contribution in [1.82, 2.24) is 4.98 Å². The van der Waals surface area contributed by atoms with Gasteiger partial charge in [-0.1, -0.05) is 50.1 Å². The fraction of sp³-hybridized carbons (Fsp3) is 0.263. The first-order valence-corrected chi connectivity index (χ1v) is 7.79. The molecule has 21 heavy (non-hydrogen) atoms. The number of benzene rings is 2. The van der Waals surface area contributed by atoms with E-state index in [1.54, 1.807) is 0 Å². The Kier molecular flexibility index (Phi) is 4.25. The van der Waals surface area contributed by atoms with Gasteiger partial charge in [-0.05, 0) is 36.2 Å². The fourth-order valence-corrected chi connectivity index (χ4v) is 2.62. The van der Waals surface area contributed by atoms with E-state index in [9.17, 15) is 0 Å². The molecule has 2 heteroatoms. The van der Waals surface area contributed by atoms with Gasteiger partial charge in [0, 0.05) is 28.8 Å². The molecular weight excluding hydrogens is 256 g/mol. The van der Waals surface area contributed by atoms with Crippen molar-refractivity contribution in [3.8, 4) is 11.3 Å². The molecule has 3 rings (SSSR count). The molecule has 0 saturated heterocycles. The first kappa shape index (κ1) is 13.7. The minimum absolute atomic E-state index is 1.05. The third kappa shape index (κ3) is 3.27. The summed E-state index contributed by atoms with van der Waals surface area (Å²) in [5, 5.41) is 4.77. The van der Waals surface area contributed by atoms with Crippen LogP contribution in [-0.4, -0.2) is 11.5 Å². The Morgan fingerprint density at radius 1 is 0.952 bits per heavy atom. The van der Waals surface area contributed by atoms with Gasteiger partial charge in [0.15, 0.2) is 0 Å². The number of fused-ring (bicyclic) bond motifs is 1. The molecule has 0 saturated carbocycles. The molecular formula is C19H22N2. The zero-order valence-corrected chi connectivity index (χ0v) is 12.5. The van der Waals surface area contributed by atoms with E-state index in [1.807, 2.05) is 6.07 Å². The molecule has 0 atom stereocenters. The maximum atomic E-state index is 3.51. The number of hydrogen-bond acceptors (Lipinski definition) is 1. The van der Waals surface area contributed by atoms with Crippen LogP contribution < -0.4 is 5.32 Å². The van der Waals surface area contributed by atoms with Crippen molar-refractivity contribution in [2.75, 3.05) is 11.9 Å². The number of hydrogen-bond donors (Lipinski definition) is 2. The first-order chi connectivity index (χ1) is 10.4. The van der Waals surface area contributed by atoms with Gasteiger partial charge < -0.3 is 10.3 Å². The minimum atomic E-state index is 1.05. The summed E-state index contributed by atoms with van der Waals surface area (Å²) in [6.45, 7) is 3.28. The zero-order valence-electron chi connectivity index (χ0n) is 12.5. The predicted octanol–water partition coefficient (Wildman–Crippen LogP) is 5.44. The lowest BCUT2D eigenvalue weighted by Crippen LogP contribution is -2.00. The maximum absolute atomic E-state index is 3.51. The van der Waals surface area contributed by atoms with Crippen LogP contribution in [0.15, 0.2) is 54.6 Å². The van der Waals surface area contributed by atoms with Crippen molar-refractivity contribution in [1.29, 1.82) is 0 Å². The third-order valence-corrected chi connectivity index (χ3v) is 3.81. The summed E-state index contributed by atoms with van der Waals surface area (Å²) < 4.78 is 0. The van der Waals surface area contributed by atoms with E-state index >= 15 is 0 Å². The average Bonchev–Trinajstić information content (AvgIpc) is 2.96. The molecule has 2 nitrogen and oxygen atoms in total. The Bertz CT molecular complexity index is 698. The van der Waals surface area contributed by atoms with Crippen LogP contribution in [0.3, 0.4) is 0 Å². The third-order valence-electron chi connectivity index (χ3n) is 3.81. The molecule has 0 bridgehead atoms. The molecule has 2 N–H and O–H groups in total. The summed E-state index contributed by atoms with van der Waals surface area (Å²) in [6.07, 6.45) is 3.79. The fourth-order valence-electron chi connectivity index (χ4n) is 2.62. The Morgan fingerprint density at radius 3 is 2.62 bits per heavy atom. The Morgan fingerprint density at radius 2 is 1.81 bits per heavy atom. The van der Waals surface area contributed by atoms with E-state index in [2.05, 4.69) is 65.8 Å². The second-order valence-corrected chi connectivity index (χ2v) is 5.48. The SMILES string of the molecule is CCCCCNc1ccc2[nH]c(-c3ccccc3)cc2c1.